The molecule has 0 bridgehead atoms. The van der Waals surface area contributed by atoms with Gasteiger partial charge < -0.3 is 5.11 Å². The molecule has 1 aromatic carbocycles. The number of hydrogen-bond acceptors (Lipinski definition) is 1. The van der Waals surface area contributed by atoms with Crippen LogP contribution < -0.4 is 0 Å². The first-order valence-electron chi connectivity index (χ1n) is 6.88. The number of rotatable bonds is 3. The maximum Gasteiger partial charge on any atom is 0.0899 e. The first-order chi connectivity index (χ1) is 8.10. The Morgan fingerprint density at radius 3 is 2.65 bits per heavy atom. The van der Waals surface area contributed by atoms with Crippen LogP contribution >= 0.6 is 0 Å². The average molecular weight is 232 g/mol. The van der Waals surface area contributed by atoms with E-state index in [4.69, 9.17) is 0 Å². The molecule has 2 rings (SSSR count). The topological polar surface area (TPSA) is 20.2 Å². The van der Waals surface area contributed by atoms with Crippen LogP contribution in [0, 0.1) is 11.8 Å². The molecule has 17 heavy (non-hydrogen) atoms. The fourth-order valence-corrected chi connectivity index (χ4v) is 3.24. The third-order valence-electron chi connectivity index (χ3n) is 3.94. The fourth-order valence-electron chi connectivity index (χ4n) is 3.24. The van der Waals surface area contributed by atoms with Crippen LogP contribution in [0.1, 0.15) is 51.5 Å². The quantitative estimate of drug-likeness (QED) is 0.831. The lowest BCUT2D eigenvalue weighted by atomic mass is 9.72. The van der Waals surface area contributed by atoms with Crippen LogP contribution in [-0.2, 0) is 5.60 Å². The molecule has 1 aliphatic rings. The lowest BCUT2D eigenvalue weighted by Gasteiger charge is -2.38. The first-order valence-corrected chi connectivity index (χ1v) is 6.88. The Morgan fingerprint density at radius 1 is 1.29 bits per heavy atom. The summed E-state index contributed by atoms with van der Waals surface area (Å²) >= 11 is 0. The van der Waals surface area contributed by atoms with Gasteiger partial charge in [-0.05, 0) is 43.1 Å². The second-order valence-electron chi connectivity index (χ2n) is 5.99. The molecular formula is C16H24O. The summed E-state index contributed by atoms with van der Waals surface area (Å²) in [6, 6.07) is 10.2. The minimum absolute atomic E-state index is 0.570. The molecule has 1 nitrogen and oxygen atoms in total. The molecular weight excluding hydrogens is 208 g/mol. The van der Waals surface area contributed by atoms with Gasteiger partial charge in [-0.15, -0.1) is 0 Å². The van der Waals surface area contributed by atoms with Crippen molar-refractivity contribution in [1.82, 2.24) is 0 Å². The van der Waals surface area contributed by atoms with Crippen LogP contribution in [0.25, 0.3) is 0 Å². The van der Waals surface area contributed by atoms with Crippen molar-refractivity contribution in [1.29, 1.82) is 0 Å². The van der Waals surface area contributed by atoms with Crippen LogP contribution in [0.2, 0.25) is 0 Å². The van der Waals surface area contributed by atoms with E-state index in [1.54, 1.807) is 0 Å². The summed E-state index contributed by atoms with van der Waals surface area (Å²) in [6.07, 6.45) is 5.55. The summed E-state index contributed by atoms with van der Waals surface area (Å²) in [6.45, 7) is 4.55. The highest BCUT2D eigenvalue weighted by Crippen LogP contribution is 2.41. The second-order valence-corrected chi connectivity index (χ2v) is 5.99. The van der Waals surface area contributed by atoms with E-state index in [9.17, 15) is 5.11 Å². The third kappa shape index (κ3) is 3.10. The molecule has 1 N–H and O–H groups in total. The standard InChI is InChI=1S/C16H24O/c1-13(2)11-14-7-6-10-16(17,12-14)15-8-4-3-5-9-15/h3-5,8-9,13-14,17H,6-7,10-12H2,1-2H3. The summed E-state index contributed by atoms with van der Waals surface area (Å²) in [5, 5.41) is 10.8. The van der Waals surface area contributed by atoms with Gasteiger partial charge in [0.2, 0.25) is 0 Å². The minimum atomic E-state index is -0.570. The van der Waals surface area contributed by atoms with Gasteiger partial charge in [0.25, 0.3) is 0 Å². The molecule has 1 saturated carbocycles. The van der Waals surface area contributed by atoms with E-state index in [1.165, 1.54) is 12.8 Å². The van der Waals surface area contributed by atoms with Gasteiger partial charge in [-0.1, -0.05) is 50.6 Å². The lowest BCUT2D eigenvalue weighted by Crippen LogP contribution is -2.33. The normalized spacial score (nSPS) is 29.5. The zero-order valence-electron chi connectivity index (χ0n) is 11.0. The van der Waals surface area contributed by atoms with Gasteiger partial charge in [-0.3, -0.25) is 0 Å². The van der Waals surface area contributed by atoms with Crippen LogP contribution in [0.15, 0.2) is 30.3 Å². The maximum absolute atomic E-state index is 10.8. The SMILES string of the molecule is CC(C)CC1CCCC(O)(c2ccccc2)C1. The zero-order chi connectivity index (χ0) is 12.3. The molecule has 2 atom stereocenters. The molecule has 0 saturated heterocycles. The highest BCUT2D eigenvalue weighted by molar-refractivity contribution is 5.22. The average Bonchev–Trinajstić information content (AvgIpc) is 2.29. The van der Waals surface area contributed by atoms with E-state index in [1.807, 2.05) is 18.2 Å². The predicted molar refractivity (Wildman–Crippen MR) is 71.8 cm³/mol. The smallest absolute Gasteiger partial charge is 0.0899 e. The summed E-state index contributed by atoms with van der Waals surface area (Å²) in [7, 11) is 0. The van der Waals surface area contributed by atoms with Gasteiger partial charge in [0, 0.05) is 0 Å². The van der Waals surface area contributed by atoms with Gasteiger partial charge in [0.1, 0.15) is 0 Å². The Kier molecular flexibility index (Phi) is 3.88. The van der Waals surface area contributed by atoms with E-state index in [0.29, 0.717) is 5.92 Å². The van der Waals surface area contributed by atoms with Crippen molar-refractivity contribution in [2.24, 2.45) is 11.8 Å². The van der Waals surface area contributed by atoms with E-state index in [-0.39, 0.29) is 0 Å². The van der Waals surface area contributed by atoms with Crippen molar-refractivity contribution < 1.29 is 5.11 Å². The van der Waals surface area contributed by atoms with Crippen LogP contribution in [-0.4, -0.2) is 5.11 Å². The Bertz CT molecular complexity index is 344. The predicted octanol–water partition coefficient (Wildman–Crippen LogP) is 4.11. The molecule has 0 radical (unpaired) electrons. The molecule has 0 aliphatic heterocycles. The highest BCUT2D eigenvalue weighted by Gasteiger charge is 2.35. The van der Waals surface area contributed by atoms with Crippen LogP contribution in [0.5, 0.6) is 0 Å². The van der Waals surface area contributed by atoms with Crippen molar-refractivity contribution in [2.45, 2.75) is 51.6 Å². The maximum atomic E-state index is 10.8. The van der Waals surface area contributed by atoms with Gasteiger partial charge in [0.05, 0.1) is 5.60 Å². The molecule has 2 unspecified atom stereocenters. The van der Waals surface area contributed by atoms with E-state index >= 15 is 0 Å². The Hall–Kier alpha value is -0.820. The second kappa shape index (κ2) is 5.22. The Labute approximate surface area is 105 Å². The van der Waals surface area contributed by atoms with Crippen molar-refractivity contribution in [3.63, 3.8) is 0 Å². The van der Waals surface area contributed by atoms with Gasteiger partial charge >= 0.3 is 0 Å². The first kappa shape index (κ1) is 12.6. The monoisotopic (exact) mass is 232 g/mol. The summed E-state index contributed by atoms with van der Waals surface area (Å²) in [4.78, 5) is 0. The lowest BCUT2D eigenvalue weighted by molar-refractivity contribution is -0.0244. The molecule has 0 heterocycles. The van der Waals surface area contributed by atoms with Crippen molar-refractivity contribution in [3.05, 3.63) is 35.9 Å². The molecule has 0 aromatic heterocycles. The summed E-state index contributed by atoms with van der Waals surface area (Å²) < 4.78 is 0. The minimum Gasteiger partial charge on any atom is -0.385 e. The highest BCUT2D eigenvalue weighted by atomic mass is 16.3. The Balaban J connectivity index is 2.10. The Morgan fingerprint density at radius 2 is 2.00 bits per heavy atom. The van der Waals surface area contributed by atoms with Gasteiger partial charge in [-0.2, -0.15) is 0 Å². The number of hydrogen-bond donors (Lipinski definition) is 1. The van der Waals surface area contributed by atoms with Crippen molar-refractivity contribution in [3.8, 4) is 0 Å². The van der Waals surface area contributed by atoms with E-state index in [2.05, 4.69) is 26.0 Å². The summed E-state index contributed by atoms with van der Waals surface area (Å²) in [5.41, 5.74) is 0.535. The van der Waals surface area contributed by atoms with Gasteiger partial charge in [-0.25, -0.2) is 0 Å². The fraction of sp³-hybridized carbons (Fsp3) is 0.625. The molecule has 0 spiro atoms. The third-order valence-corrected chi connectivity index (χ3v) is 3.94. The van der Waals surface area contributed by atoms with Crippen molar-refractivity contribution in [2.75, 3.05) is 0 Å². The largest absolute Gasteiger partial charge is 0.385 e. The zero-order valence-corrected chi connectivity index (χ0v) is 11.0. The number of benzene rings is 1. The van der Waals surface area contributed by atoms with Crippen molar-refractivity contribution >= 4 is 0 Å². The van der Waals surface area contributed by atoms with Crippen LogP contribution in [0.4, 0.5) is 0 Å². The molecule has 94 valence electrons. The molecule has 1 aromatic rings. The number of aliphatic hydroxyl groups is 1. The molecule has 1 heteroatoms. The van der Waals surface area contributed by atoms with Gasteiger partial charge in [0.15, 0.2) is 0 Å². The molecule has 1 aliphatic carbocycles. The molecule has 0 amide bonds. The van der Waals surface area contributed by atoms with E-state index in [0.717, 1.165) is 30.7 Å². The molecule has 1 fully saturated rings. The summed E-state index contributed by atoms with van der Waals surface area (Å²) in [5.74, 6) is 1.42. The van der Waals surface area contributed by atoms with Crippen LogP contribution in [0.3, 0.4) is 0 Å². The van der Waals surface area contributed by atoms with E-state index < -0.39 is 5.60 Å².